The van der Waals surface area contributed by atoms with Crippen LogP contribution in [0.15, 0.2) is 24.3 Å². The van der Waals surface area contributed by atoms with Crippen molar-refractivity contribution in [3.63, 3.8) is 0 Å². The molecule has 0 fully saturated rings. The molecule has 1 aromatic heterocycles. The predicted molar refractivity (Wildman–Crippen MR) is 110 cm³/mol. The SMILES string of the molecule is CCOC(=O)c1c(C)[nH]c(C(=O)COC(=O)C=Cc2ccc(OC)c(OC)c2)c1C. The van der Waals surface area contributed by atoms with Gasteiger partial charge in [-0.15, -0.1) is 0 Å². The van der Waals surface area contributed by atoms with Gasteiger partial charge in [0.2, 0.25) is 5.78 Å². The van der Waals surface area contributed by atoms with E-state index in [-0.39, 0.29) is 12.3 Å². The monoisotopic (exact) mass is 415 g/mol. The number of esters is 2. The molecule has 0 saturated carbocycles. The molecule has 0 amide bonds. The Hall–Kier alpha value is -3.55. The first-order chi connectivity index (χ1) is 14.3. The molecule has 0 aliphatic rings. The highest BCUT2D eigenvalue weighted by Crippen LogP contribution is 2.28. The lowest BCUT2D eigenvalue weighted by Crippen LogP contribution is -2.14. The van der Waals surface area contributed by atoms with Crippen molar-refractivity contribution in [2.75, 3.05) is 27.4 Å². The molecule has 0 aliphatic heterocycles. The van der Waals surface area contributed by atoms with E-state index in [2.05, 4.69) is 4.98 Å². The third-order valence-electron chi connectivity index (χ3n) is 4.36. The van der Waals surface area contributed by atoms with Gasteiger partial charge in [0.1, 0.15) is 0 Å². The maximum absolute atomic E-state index is 12.4. The zero-order chi connectivity index (χ0) is 22.3. The number of ketones is 1. The highest BCUT2D eigenvalue weighted by Gasteiger charge is 2.23. The van der Waals surface area contributed by atoms with Crippen LogP contribution < -0.4 is 9.47 Å². The van der Waals surface area contributed by atoms with Crippen LogP contribution in [0, 0.1) is 13.8 Å². The maximum Gasteiger partial charge on any atom is 0.340 e. The normalized spacial score (nSPS) is 10.7. The summed E-state index contributed by atoms with van der Waals surface area (Å²) in [5.74, 6) is -0.527. The van der Waals surface area contributed by atoms with E-state index in [1.165, 1.54) is 26.4 Å². The van der Waals surface area contributed by atoms with E-state index in [9.17, 15) is 14.4 Å². The number of hydrogen-bond acceptors (Lipinski definition) is 7. The first-order valence-corrected chi connectivity index (χ1v) is 9.28. The highest BCUT2D eigenvalue weighted by atomic mass is 16.5. The standard InChI is InChI=1S/C22H25NO7/c1-6-29-22(26)20-13(2)21(23-14(20)3)16(24)12-30-19(25)10-8-15-7-9-17(27-4)18(11-15)28-5/h7-11,23H,6,12H2,1-5H3. The smallest absolute Gasteiger partial charge is 0.340 e. The molecule has 0 atom stereocenters. The van der Waals surface area contributed by atoms with Gasteiger partial charge in [0.15, 0.2) is 18.1 Å². The number of H-pyrrole nitrogens is 1. The van der Waals surface area contributed by atoms with Crippen LogP contribution in [-0.4, -0.2) is 50.1 Å². The Kier molecular flexibility index (Phi) is 7.80. The van der Waals surface area contributed by atoms with Gasteiger partial charge in [0, 0.05) is 11.8 Å². The van der Waals surface area contributed by atoms with Crippen molar-refractivity contribution in [2.24, 2.45) is 0 Å². The molecular formula is C22H25NO7. The summed E-state index contributed by atoms with van der Waals surface area (Å²) in [5, 5.41) is 0. The quantitative estimate of drug-likeness (QED) is 0.381. The summed E-state index contributed by atoms with van der Waals surface area (Å²) in [6, 6.07) is 5.17. The summed E-state index contributed by atoms with van der Waals surface area (Å²) in [6.45, 7) is 4.79. The number of benzene rings is 1. The molecule has 0 saturated heterocycles. The summed E-state index contributed by atoms with van der Waals surface area (Å²) in [7, 11) is 3.05. The molecule has 0 bridgehead atoms. The van der Waals surface area contributed by atoms with Gasteiger partial charge in [0.05, 0.1) is 32.1 Å². The molecule has 1 N–H and O–H groups in total. The number of aryl methyl sites for hydroxylation is 1. The van der Waals surface area contributed by atoms with Crippen molar-refractivity contribution in [3.05, 3.63) is 52.4 Å². The number of aromatic nitrogens is 1. The number of nitrogens with one attached hydrogen (secondary N) is 1. The minimum absolute atomic E-state index is 0.215. The second-order valence-corrected chi connectivity index (χ2v) is 6.32. The number of ether oxygens (including phenoxy) is 4. The number of carbonyl (C=O) groups excluding carboxylic acids is 3. The Morgan fingerprint density at radius 2 is 1.73 bits per heavy atom. The zero-order valence-electron chi connectivity index (χ0n) is 17.7. The van der Waals surface area contributed by atoms with Crippen molar-refractivity contribution >= 4 is 23.8 Å². The molecule has 2 rings (SSSR count). The molecule has 1 heterocycles. The summed E-state index contributed by atoms with van der Waals surface area (Å²) < 4.78 is 20.4. The minimum Gasteiger partial charge on any atom is -0.493 e. The number of methoxy groups -OCH3 is 2. The van der Waals surface area contributed by atoms with Crippen LogP contribution in [0.1, 0.15) is 44.6 Å². The fraction of sp³-hybridized carbons (Fsp3) is 0.318. The van der Waals surface area contributed by atoms with Gasteiger partial charge in [-0.25, -0.2) is 9.59 Å². The van der Waals surface area contributed by atoms with E-state index in [1.54, 1.807) is 39.0 Å². The van der Waals surface area contributed by atoms with Gasteiger partial charge >= 0.3 is 11.9 Å². The molecule has 160 valence electrons. The van der Waals surface area contributed by atoms with Crippen LogP contribution in [0.25, 0.3) is 6.08 Å². The van der Waals surface area contributed by atoms with E-state index in [1.807, 2.05) is 0 Å². The fourth-order valence-corrected chi connectivity index (χ4v) is 2.92. The van der Waals surface area contributed by atoms with Gasteiger partial charge in [-0.3, -0.25) is 4.79 Å². The lowest BCUT2D eigenvalue weighted by atomic mass is 10.1. The maximum atomic E-state index is 12.4. The number of hydrogen-bond donors (Lipinski definition) is 1. The van der Waals surface area contributed by atoms with Gasteiger partial charge in [-0.1, -0.05) is 6.07 Å². The zero-order valence-corrected chi connectivity index (χ0v) is 17.7. The molecule has 0 unspecified atom stereocenters. The number of Topliss-reactive ketones (excluding diaryl/α,β-unsaturated/α-hetero) is 1. The van der Waals surface area contributed by atoms with Crippen molar-refractivity contribution in [2.45, 2.75) is 20.8 Å². The Morgan fingerprint density at radius 1 is 1.03 bits per heavy atom. The van der Waals surface area contributed by atoms with Gasteiger partial charge in [-0.05, 0) is 50.1 Å². The van der Waals surface area contributed by atoms with Crippen LogP contribution >= 0.6 is 0 Å². The highest BCUT2D eigenvalue weighted by molar-refractivity contribution is 6.03. The van der Waals surface area contributed by atoms with Crippen LogP contribution in [0.2, 0.25) is 0 Å². The number of carbonyl (C=O) groups is 3. The minimum atomic E-state index is -0.676. The largest absolute Gasteiger partial charge is 0.493 e. The van der Waals surface area contributed by atoms with E-state index < -0.39 is 24.3 Å². The van der Waals surface area contributed by atoms with Crippen LogP contribution in [0.4, 0.5) is 0 Å². The molecule has 0 radical (unpaired) electrons. The topological polar surface area (TPSA) is 104 Å². The Balaban J connectivity index is 2.01. The third kappa shape index (κ3) is 5.28. The van der Waals surface area contributed by atoms with Gasteiger partial charge in [0.25, 0.3) is 0 Å². The fourth-order valence-electron chi connectivity index (χ4n) is 2.92. The molecule has 8 heteroatoms. The Labute approximate surface area is 174 Å². The second kappa shape index (κ2) is 10.3. The molecule has 1 aromatic carbocycles. The van der Waals surface area contributed by atoms with E-state index in [0.717, 1.165) is 0 Å². The number of aromatic amines is 1. The van der Waals surface area contributed by atoms with Gasteiger partial charge < -0.3 is 23.9 Å². The van der Waals surface area contributed by atoms with E-state index in [0.29, 0.717) is 33.9 Å². The van der Waals surface area contributed by atoms with E-state index in [4.69, 9.17) is 18.9 Å². The molecule has 30 heavy (non-hydrogen) atoms. The van der Waals surface area contributed by atoms with Crippen LogP contribution in [0.5, 0.6) is 11.5 Å². The third-order valence-corrected chi connectivity index (χ3v) is 4.36. The van der Waals surface area contributed by atoms with Crippen molar-refractivity contribution in [1.82, 2.24) is 4.98 Å². The molecule has 8 nitrogen and oxygen atoms in total. The van der Waals surface area contributed by atoms with E-state index >= 15 is 0 Å². The average Bonchev–Trinajstić information content (AvgIpc) is 3.04. The van der Waals surface area contributed by atoms with Crippen molar-refractivity contribution < 1.29 is 33.3 Å². The average molecular weight is 415 g/mol. The van der Waals surface area contributed by atoms with Crippen LogP contribution in [0.3, 0.4) is 0 Å². The predicted octanol–water partition coefficient (Wildman–Crippen LogP) is 3.26. The Morgan fingerprint density at radius 3 is 2.37 bits per heavy atom. The van der Waals surface area contributed by atoms with Crippen molar-refractivity contribution in [3.8, 4) is 11.5 Å². The molecule has 2 aromatic rings. The summed E-state index contributed by atoms with van der Waals surface area (Å²) >= 11 is 0. The lowest BCUT2D eigenvalue weighted by Gasteiger charge is -2.07. The van der Waals surface area contributed by atoms with Crippen LogP contribution in [-0.2, 0) is 14.3 Å². The van der Waals surface area contributed by atoms with Crippen molar-refractivity contribution in [1.29, 1.82) is 0 Å². The summed E-state index contributed by atoms with van der Waals surface area (Å²) in [4.78, 5) is 39.3. The summed E-state index contributed by atoms with van der Waals surface area (Å²) in [5.41, 5.74) is 2.22. The Bertz CT molecular complexity index is 972. The number of rotatable bonds is 9. The summed E-state index contributed by atoms with van der Waals surface area (Å²) in [6.07, 6.45) is 2.75. The first-order valence-electron chi connectivity index (χ1n) is 9.28. The first kappa shape index (κ1) is 22.7. The van der Waals surface area contributed by atoms with Gasteiger partial charge in [-0.2, -0.15) is 0 Å². The molecular weight excluding hydrogens is 390 g/mol. The lowest BCUT2D eigenvalue weighted by molar-refractivity contribution is -0.136. The molecule has 0 aliphatic carbocycles. The molecule has 0 spiro atoms. The second-order valence-electron chi connectivity index (χ2n) is 6.32.